The highest BCUT2D eigenvalue weighted by atomic mass is 32.2. The number of ether oxygens (including phenoxy) is 1. The Kier molecular flexibility index (Phi) is 6.54. The fourth-order valence-corrected chi connectivity index (χ4v) is 4.14. The number of carbonyl (C=O) groups is 1. The number of amides is 1. The number of hydrogen-bond acceptors (Lipinski definition) is 6. The molecule has 0 aliphatic rings. The molecule has 1 amide bonds. The second-order valence-corrected chi connectivity index (χ2v) is 8.43. The smallest absolute Gasteiger partial charge is 0.257 e. The molecule has 0 radical (unpaired) electrons. The van der Waals surface area contributed by atoms with Crippen molar-refractivity contribution in [3.8, 4) is 5.75 Å². The normalized spacial score (nSPS) is 11.3. The van der Waals surface area contributed by atoms with Gasteiger partial charge < -0.3 is 9.15 Å². The topological polar surface area (TPSA) is 76.7 Å². The van der Waals surface area contributed by atoms with Crippen LogP contribution in [0, 0.1) is 0 Å². The second kappa shape index (κ2) is 10.2. The first-order valence-corrected chi connectivity index (χ1v) is 11.7. The van der Waals surface area contributed by atoms with Gasteiger partial charge in [0.1, 0.15) is 17.9 Å². The van der Waals surface area contributed by atoms with Gasteiger partial charge in [-0.2, -0.15) is 5.10 Å². The van der Waals surface area contributed by atoms with Gasteiger partial charge in [0.2, 0.25) is 0 Å². The zero-order valence-electron chi connectivity index (χ0n) is 18.2. The molecule has 0 unspecified atom stereocenters. The highest BCUT2D eigenvalue weighted by molar-refractivity contribution is 7.99. The van der Waals surface area contributed by atoms with E-state index in [0.29, 0.717) is 23.2 Å². The van der Waals surface area contributed by atoms with E-state index in [0.717, 1.165) is 27.4 Å². The van der Waals surface area contributed by atoms with Gasteiger partial charge in [-0.3, -0.25) is 4.79 Å². The summed E-state index contributed by atoms with van der Waals surface area (Å²) in [5, 5.41) is 6.70. The maximum Gasteiger partial charge on any atom is 0.257 e. The summed E-state index contributed by atoms with van der Waals surface area (Å²) in [6.45, 7) is 0.438. The number of rotatable bonds is 8. The monoisotopic (exact) mass is 467 g/mol. The van der Waals surface area contributed by atoms with Gasteiger partial charge in [-0.05, 0) is 34.5 Å². The molecule has 0 spiro atoms. The van der Waals surface area contributed by atoms with Crippen LogP contribution in [0.5, 0.6) is 5.75 Å². The average Bonchev–Trinajstić information content (AvgIpc) is 3.30. The molecular formula is C27H21N3O3S. The lowest BCUT2D eigenvalue weighted by Gasteiger charge is -2.12. The van der Waals surface area contributed by atoms with E-state index in [-0.39, 0.29) is 11.7 Å². The molecular weight excluding hydrogens is 446 g/mol. The lowest BCUT2D eigenvalue weighted by atomic mass is 10.0. The summed E-state index contributed by atoms with van der Waals surface area (Å²) >= 11 is 1.22. The highest BCUT2D eigenvalue weighted by Gasteiger charge is 2.10. The third-order valence-electron chi connectivity index (χ3n) is 5.15. The van der Waals surface area contributed by atoms with Crippen molar-refractivity contribution in [3.63, 3.8) is 0 Å². The Labute approximate surface area is 200 Å². The molecule has 0 fully saturated rings. The van der Waals surface area contributed by atoms with Gasteiger partial charge >= 0.3 is 0 Å². The van der Waals surface area contributed by atoms with E-state index in [2.05, 4.69) is 15.5 Å². The molecule has 1 aromatic heterocycles. The fraction of sp³-hybridized carbons (Fsp3) is 0.0741. The highest BCUT2D eigenvalue weighted by Crippen LogP contribution is 2.27. The summed E-state index contributed by atoms with van der Waals surface area (Å²) in [5.41, 5.74) is 5.93. The number of aromatic nitrogens is 1. The summed E-state index contributed by atoms with van der Waals surface area (Å²) in [7, 11) is 0. The van der Waals surface area contributed by atoms with Crippen LogP contribution in [0.25, 0.3) is 21.9 Å². The number of nitrogens with one attached hydrogen (secondary N) is 1. The van der Waals surface area contributed by atoms with E-state index in [9.17, 15) is 4.79 Å². The van der Waals surface area contributed by atoms with Crippen molar-refractivity contribution < 1.29 is 13.9 Å². The van der Waals surface area contributed by atoms with E-state index in [1.54, 1.807) is 6.21 Å². The molecule has 0 aliphatic heterocycles. The van der Waals surface area contributed by atoms with Crippen molar-refractivity contribution in [2.24, 2.45) is 5.10 Å². The number of hydrogen-bond donors (Lipinski definition) is 1. The zero-order chi connectivity index (χ0) is 23.2. The number of carbonyl (C=O) groups excluding carboxylic acids is 1. The Bertz CT molecular complexity index is 1430. The quantitative estimate of drug-likeness (QED) is 0.177. The van der Waals surface area contributed by atoms with Crippen molar-refractivity contribution >= 4 is 45.8 Å². The van der Waals surface area contributed by atoms with Crippen LogP contribution in [0.1, 0.15) is 11.1 Å². The average molecular weight is 468 g/mol. The van der Waals surface area contributed by atoms with Crippen molar-refractivity contribution in [2.45, 2.75) is 11.8 Å². The van der Waals surface area contributed by atoms with Crippen molar-refractivity contribution in [1.29, 1.82) is 0 Å². The first-order chi connectivity index (χ1) is 16.8. The van der Waals surface area contributed by atoms with Crippen LogP contribution in [-0.4, -0.2) is 22.9 Å². The molecule has 6 nitrogen and oxygen atoms in total. The standard InChI is InChI=1S/C27H21N3O3S/c31-26(18-34-27-29-23-12-6-7-13-25(23)33-27)30-28-16-22-21-11-5-4-10-20(21)14-15-24(22)32-17-19-8-2-1-3-9-19/h1-16H,17-18H2,(H,30,31)/b28-16+. The summed E-state index contributed by atoms with van der Waals surface area (Å²) < 4.78 is 11.7. The lowest BCUT2D eigenvalue weighted by molar-refractivity contribution is -0.118. The minimum Gasteiger partial charge on any atom is -0.488 e. The molecule has 0 saturated heterocycles. The van der Waals surface area contributed by atoms with E-state index >= 15 is 0 Å². The third-order valence-corrected chi connectivity index (χ3v) is 5.98. The van der Waals surface area contributed by atoms with Gasteiger partial charge in [0.25, 0.3) is 11.1 Å². The van der Waals surface area contributed by atoms with E-state index in [1.807, 2.05) is 91.0 Å². The minimum absolute atomic E-state index is 0.136. The molecule has 1 heterocycles. The molecule has 7 heteroatoms. The van der Waals surface area contributed by atoms with Crippen LogP contribution in [0.3, 0.4) is 0 Å². The number of benzene rings is 4. The predicted octanol–water partition coefficient (Wildman–Crippen LogP) is 5.80. The van der Waals surface area contributed by atoms with Gasteiger partial charge in [-0.25, -0.2) is 10.4 Å². The number of thioether (sulfide) groups is 1. The second-order valence-electron chi connectivity index (χ2n) is 7.50. The number of fused-ring (bicyclic) bond motifs is 2. The Balaban J connectivity index is 1.27. The Hall–Kier alpha value is -4.10. The van der Waals surface area contributed by atoms with Gasteiger partial charge in [0, 0.05) is 5.56 Å². The van der Waals surface area contributed by atoms with Crippen LogP contribution in [0.15, 0.2) is 106 Å². The summed E-state index contributed by atoms with van der Waals surface area (Å²) in [6, 6.07) is 29.4. The lowest BCUT2D eigenvalue weighted by Crippen LogP contribution is -2.19. The van der Waals surface area contributed by atoms with Crippen molar-refractivity contribution in [1.82, 2.24) is 10.4 Å². The van der Waals surface area contributed by atoms with Crippen LogP contribution < -0.4 is 10.2 Å². The van der Waals surface area contributed by atoms with E-state index in [1.165, 1.54) is 11.8 Å². The first kappa shape index (κ1) is 21.7. The molecule has 0 bridgehead atoms. The van der Waals surface area contributed by atoms with Crippen LogP contribution in [0.4, 0.5) is 0 Å². The summed E-state index contributed by atoms with van der Waals surface area (Å²) in [5.74, 6) is 0.578. The van der Waals surface area contributed by atoms with Crippen molar-refractivity contribution in [3.05, 3.63) is 102 Å². The molecule has 1 N–H and O–H groups in total. The van der Waals surface area contributed by atoms with Gasteiger partial charge in [-0.1, -0.05) is 84.6 Å². The van der Waals surface area contributed by atoms with E-state index in [4.69, 9.17) is 9.15 Å². The molecule has 0 aliphatic carbocycles. The molecule has 34 heavy (non-hydrogen) atoms. The van der Waals surface area contributed by atoms with Gasteiger partial charge in [-0.15, -0.1) is 0 Å². The SMILES string of the molecule is O=C(CSc1nc2ccccc2o1)N/N=C/c1c(OCc2ccccc2)ccc2ccccc12. The van der Waals surface area contributed by atoms with Crippen LogP contribution in [0.2, 0.25) is 0 Å². The fourth-order valence-electron chi connectivity index (χ4n) is 3.51. The summed E-state index contributed by atoms with van der Waals surface area (Å²) in [6.07, 6.45) is 1.63. The minimum atomic E-state index is -0.254. The van der Waals surface area contributed by atoms with Crippen molar-refractivity contribution in [2.75, 3.05) is 5.75 Å². The number of para-hydroxylation sites is 2. The molecule has 5 aromatic rings. The predicted molar refractivity (Wildman–Crippen MR) is 135 cm³/mol. The molecule has 5 rings (SSSR count). The molecule has 0 saturated carbocycles. The third kappa shape index (κ3) is 5.10. The van der Waals surface area contributed by atoms with Gasteiger partial charge in [0.05, 0.1) is 12.0 Å². The molecule has 168 valence electrons. The Morgan fingerprint density at radius 3 is 2.65 bits per heavy atom. The molecule has 0 atom stereocenters. The van der Waals surface area contributed by atoms with Gasteiger partial charge in [0.15, 0.2) is 5.58 Å². The Morgan fingerprint density at radius 1 is 0.971 bits per heavy atom. The van der Waals surface area contributed by atoms with Crippen LogP contribution in [-0.2, 0) is 11.4 Å². The summed E-state index contributed by atoms with van der Waals surface area (Å²) in [4.78, 5) is 16.7. The molecule has 4 aromatic carbocycles. The largest absolute Gasteiger partial charge is 0.488 e. The Morgan fingerprint density at radius 2 is 1.76 bits per heavy atom. The maximum absolute atomic E-state index is 12.3. The zero-order valence-corrected chi connectivity index (χ0v) is 19.0. The maximum atomic E-state index is 12.3. The van der Waals surface area contributed by atoms with Crippen LogP contribution >= 0.6 is 11.8 Å². The number of hydrazone groups is 1. The number of oxazole rings is 1. The number of nitrogens with zero attached hydrogens (tertiary/aromatic N) is 2. The first-order valence-electron chi connectivity index (χ1n) is 10.7. The van der Waals surface area contributed by atoms with E-state index < -0.39 is 0 Å².